The van der Waals surface area contributed by atoms with Crippen molar-refractivity contribution in [3.8, 4) is 28.8 Å². The van der Waals surface area contributed by atoms with Crippen LogP contribution in [0.5, 0.6) is 17.2 Å². The van der Waals surface area contributed by atoms with Gasteiger partial charge in [-0.3, -0.25) is 4.57 Å². The number of aryl methyl sites for hydroxylation is 2. The van der Waals surface area contributed by atoms with E-state index in [0.717, 1.165) is 61.8 Å². The first-order valence-electron chi connectivity index (χ1n) is 18.6. The summed E-state index contributed by atoms with van der Waals surface area (Å²) in [7, 11) is 1.68. The smallest absolute Gasteiger partial charge is 0.141 e. The number of methoxy groups -OCH3 is 1. The van der Waals surface area contributed by atoms with Gasteiger partial charge < -0.3 is 9.47 Å². The molecule has 0 fully saturated rings. The van der Waals surface area contributed by atoms with Gasteiger partial charge in [0, 0.05) is 52.3 Å². The van der Waals surface area contributed by atoms with E-state index < -0.39 is 0 Å². The van der Waals surface area contributed by atoms with Crippen LogP contribution in [0, 0.1) is 50.4 Å². The number of para-hydroxylation sites is 1. The number of nitrogens with zero attached hydrogens (tertiary/aromatic N) is 4. The highest BCUT2D eigenvalue weighted by Crippen LogP contribution is 2.50. The number of pyridine rings is 1. The zero-order valence-corrected chi connectivity index (χ0v) is 31.9. The predicted molar refractivity (Wildman–Crippen MR) is 210 cm³/mol. The molecule has 3 aromatic heterocycles. The third-order valence-corrected chi connectivity index (χ3v) is 11.1. The zero-order chi connectivity index (χ0) is 36.1. The second kappa shape index (κ2) is 13.7. The molecule has 0 N–H and O–H groups in total. The van der Waals surface area contributed by atoms with Crippen molar-refractivity contribution in [1.29, 1.82) is 0 Å². The van der Waals surface area contributed by atoms with Gasteiger partial charge in [0.15, 0.2) is 0 Å². The van der Waals surface area contributed by atoms with Crippen molar-refractivity contribution in [2.24, 2.45) is 29.6 Å². The van der Waals surface area contributed by atoms with Gasteiger partial charge in [-0.25, -0.2) is 9.67 Å². The summed E-state index contributed by atoms with van der Waals surface area (Å²) >= 11 is 0. The van der Waals surface area contributed by atoms with Crippen LogP contribution in [0.15, 0.2) is 90.6 Å². The molecular formula is C45H52N4O2. The molecule has 0 saturated heterocycles. The van der Waals surface area contributed by atoms with Gasteiger partial charge in [0.05, 0.1) is 29.5 Å². The largest absolute Gasteiger partial charge is 0.497 e. The summed E-state index contributed by atoms with van der Waals surface area (Å²) in [6.45, 7) is 20.9. The predicted octanol–water partition coefficient (Wildman–Crippen LogP) is 11.7. The Balaban J connectivity index is 1.28. The number of rotatable bonds is 9. The lowest BCUT2D eigenvalue weighted by atomic mass is 9.63. The highest BCUT2D eigenvalue weighted by atomic mass is 16.5. The molecular weight excluding hydrogens is 629 g/mol. The lowest BCUT2D eigenvalue weighted by Crippen LogP contribution is -2.31. The minimum absolute atomic E-state index is 0.367. The maximum Gasteiger partial charge on any atom is 0.141 e. The minimum atomic E-state index is 0.367. The molecule has 0 radical (unpaired) electrons. The van der Waals surface area contributed by atoms with Gasteiger partial charge in [-0.2, -0.15) is 5.10 Å². The Morgan fingerprint density at radius 2 is 1.53 bits per heavy atom. The van der Waals surface area contributed by atoms with Crippen LogP contribution in [-0.4, -0.2) is 26.4 Å². The second-order valence-electron chi connectivity index (χ2n) is 15.5. The molecule has 1 aliphatic rings. The maximum atomic E-state index is 6.68. The number of hydrogen-bond acceptors (Lipinski definition) is 4. The average molecular weight is 681 g/mol. The van der Waals surface area contributed by atoms with Gasteiger partial charge in [-0.15, -0.1) is 0 Å². The van der Waals surface area contributed by atoms with Crippen LogP contribution < -0.4 is 9.47 Å². The molecule has 6 aromatic rings. The summed E-state index contributed by atoms with van der Waals surface area (Å²) in [6.07, 6.45) is 5.63. The van der Waals surface area contributed by atoms with Gasteiger partial charge in [0.25, 0.3) is 0 Å². The van der Waals surface area contributed by atoms with Gasteiger partial charge in [0.1, 0.15) is 23.1 Å². The minimum Gasteiger partial charge on any atom is -0.497 e. The fraction of sp³-hybridized carbons (Fsp3) is 0.378. The van der Waals surface area contributed by atoms with Crippen LogP contribution in [0.3, 0.4) is 0 Å². The molecule has 51 heavy (non-hydrogen) atoms. The molecule has 264 valence electrons. The maximum absolute atomic E-state index is 6.68. The first-order valence-corrected chi connectivity index (χ1v) is 18.6. The summed E-state index contributed by atoms with van der Waals surface area (Å²) in [5.41, 5.74) is 9.53. The van der Waals surface area contributed by atoms with Crippen molar-refractivity contribution in [2.45, 2.75) is 74.7 Å². The Bertz CT molecular complexity index is 2250. The Hall–Kier alpha value is -4.84. The number of allylic oxidation sites excluding steroid dienone is 2. The van der Waals surface area contributed by atoms with Crippen molar-refractivity contribution in [3.05, 3.63) is 113 Å². The summed E-state index contributed by atoms with van der Waals surface area (Å²) < 4.78 is 16.5. The van der Waals surface area contributed by atoms with Crippen molar-refractivity contribution in [3.63, 3.8) is 0 Å². The van der Waals surface area contributed by atoms with Crippen LogP contribution in [-0.2, 0) is 0 Å². The van der Waals surface area contributed by atoms with E-state index in [1.54, 1.807) is 18.9 Å². The van der Waals surface area contributed by atoms with E-state index in [1.165, 1.54) is 17.7 Å². The van der Waals surface area contributed by atoms with Crippen molar-refractivity contribution in [1.82, 2.24) is 19.3 Å². The fourth-order valence-electron chi connectivity index (χ4n) is 8.48. The number of ether oxygens (including phenoxy) is 2. The van der Waals surface area contributed by atoms with E-state index in [9.17, 15) is 0 Å². The van der Waals surface area contributed by atoms with E-state index in [0.29, 0.717) is 35.5 Å². The third-order valence-electron chi connectivity index (χ3n) is 11.1. The quantitative estimate of drug-likeness (QED) is 0.143. The Morgan fingerprint density at radius 1 is 0.765 bits per heavy atom. The van der Waals surface area contributed by atoms with Gasteiger partial charge in [0.2, 0.25) is 0 Å². The lowest BCUT2D eigenvalue weighted by Gasteiger charge is -2.41. The molecule has 0 spiro atoms. The number of benzene rings is 3. The van der Waals surface area contributed by atoms with Crippen LogP contribution in [0.2, 0.25) is 0 Å². The summed E-state index contributed by atoms with van der Waals surface area (Å²) in [6, 6.07) is 25.0. The van der Waals surface area contributed by atoms with Gasteiger partial charge in [-0.05, 0) is 98.7 Å². The van der Waals surface area contributed by atoms with E-state index in [2.05, 4.69) is 138 Å². The molecule has 0 saturated carbocycles. The SMILES string of the molecule is COc1ccnc(-n2c3ccccc3c3ccc(Oc4cc(C)cc(-n5nc(C)c(C6C(C(C)C)=C[C@H](C(C)C)C[C@@H]6C(C)C)c5C)c4)cc32)c1. The van der Waals surface area contributed by atoms with Crippen molar-refractivity contribution < 1.29 is 9.47 Å². The van der Waals surface area contributed by atoms with Crippen LogP contribution >= 0.6 is 0 Å². The molecule has 6 nitrogen and oxygen atoms in total. The molecule has 3 aromatic carbocycles. The molecule has 0 aliphatic heterocycles. The highest BCUT2D eigenvalue weighted by Gasteiger charge is 2.39. The van der Waals surface area contributed by atoms with E-state index in [1.807, 2.05) is 12.1 Å². The second-order valence-corrected chi connectivity index (χ2v) is 15.5. The first kappa shape index (κ1) is 34.6. The molecule has 1 aliphatic carbocycles. The molecule has 7 rings (SSSR count). The van der Waals surface area contributed by atoms with E-state index in [-0.39, 0.29) is 0 Å². The molecule has 0 amide bonds. The average Bonchev–Trinajstić information content (AvgIpc) is 3.59. The van der Waals surface area contributed by atoms with Gasteiger partial charge in [-0.1, -0.05) is 71.4 Å². The molecule has 3 heterocycles. The normalized spacial score (nSPS) is 18.0. The zero-order valence-electron chi connectivity index (χ0n) is 31.9. The van der Waals surface area contributed by atoms with E-state index >= 15 is 0 Å². The fourth-order valence-corrected chi connectivity index (χ4v) is 8.48. The molecule has 3 atom stereocenters. The van der Waals surface area contributed by atoms with Gasteiger partial charge >= 0.3 is 0 Å². The Kier molecular flexibility index (Phi) is 9.30. The molecule has 6 heteroatoms. The summed E-state index contributed by atoms with van der Waals surface area (Å²) in [5.74, 6) is 6.35. The standard InChI is InChI=1S/C45H52N4O2/c1-26(2)32-21-39(27(3)4)45(40(22-32)28(5)6)44-30(8)47-49(31(44)9)33-19-29(7)20-36(23-33)51-35-15-16-38-37-13-11-12-14-41(37)48(42(38)24-35)43-25-34(50-10)17-18-46-43/h11-21,23-28,32,40,45H,22H2,1-10H3/t32-,40+,45?/m0/s1. The van der Waals surface area contributed by atoms with Crippen molar-refractivity contribution >= 4 is 21.8 Å². The monoisotopic (exact) mass is 680 g/mol. The highest BCUT2D eigenvalue weighted by molar-refractivity contribution is 6.09. The third kappa shape index (κ3) is 6.34. The molecule has 1 unspecified atom stereocenters. The van der Waals surface area contributed by atoms with E-state index in [4.69, 9.17) is 19.6 Å². The lowest BCUT2D eigenvalue weighted by molar-refractivity contribution is 0.232. The first-order chi connectivity index (χ1) is 24.4. The topological polar surface area (TPSA) is 54.1 Å². The Morgan fingerprint density at radius 3 is 2.25 bits per heavy atom. The van der Waals surface area contributed by atoms with Crippen LogP contribution in [0.25, 0.3) is 33.3 Å². The Labute approximate surface area is 303 Å². The van der Waals surface area contributed by atoms with Crippen LogP contribution in [0.4, 0.5) is 0 Å². The molecule has 0 bridgehead atoms. The summed E-state index contributed by atoms with van der Waals surface area (Å²) in [4.78, 5) is 4.72. The number of hydrogen-bond donors (Lipinski definition) is 0. The van der Waals surface area contributed by atoms with Crippen LogP contribution in [0.1, 0.15) is 76.4 Å². The number of aromatic nitrogens is 4. The van der Waals surface area contributed by atoms with Crippen molar-refractivity contribution in [2.75, 3.05) is 7.11 Å². The number of fused-ring (bicyclic) bond motifs is 3. The summed E-state index contributed by atoms with van der Waals surface area (Å²) in [5, 5.41) is 7.52.